The van der Waals surface area contributed by atoms with Gasteiger partial charge in [0.2, 0.25) is 0 Å². The van der Waals surface area contributed by atoms with Crippen molar-refractivity contribution in [1.82, 2.24) is 0 Å². The Bertz CT molecular complexity index is 356. The Morgan fingerprint density at radius 2 is 1.85 bits per heavy atom. The van der Waals surface area contributed by atoms with E-state index in [4.69, 9.17) is 0 Å². The minimum Gasteiger partial charge on any atom is -0.0801 e. The van der Waals surface area contributed by atoms with Crippen LogP contribution in [0.2, 0.25) is 0 Å². The van der Waals surface area contributed by atoms with E-state index in [0.29, 0.717) is 5.41 Å². The molecular formula is C13H16. The zero-order valence-corrected chi connectivity index (χ0v) is 8.59. The second-order valence-corrected chi connectivity index (χ2v) is 4.52. The molecule has 1 aromatic rings. The Balaban J connectivity index is 2.64. The molecule has 0 spiro atoms. The van der Waals surface area contributed by atoms with Crippen molar-refractivity contribution in [3.8, 4) is 0 Å². The smallest absolute Gasteiger partial charge is 0.00629 e. The standard InChI is InChI=1S/C13H16/c1-10-8-9-13(2,3)12-7-5-4-6-11(10)12/h4-8H,9H2,1-3H3. The molecule has 0 saturated heterocycles. The van der Waals surface area contributed by atoms with E-state index < -0.39 is 0 Å². The first-order chi connectivity index (χ1) is 6.11. The molecule has 0 N–H and O–H groups in total. The number of benzene rings is 1. The number of allylic oxidation sites excluding steroid dienone is 2. The van der Waals surface area contributed by atoms with Gasteiger partial charge in [-0.25, -0.2) is 0 Å². The van der Waals surface area contributed by atoms with E-state index >= 15 is 0 Å². The van der Waals surface area contributed by atoms with Crippen molar-refractivity contribution in [1.29, 1.82) is 0 Å². The molecule has 1 aromatic carbocycles. The monoisotopic (exact) mass is 172 g/mol. The molecule has 13 heavy (non-hydrogen) atoms. The summed E-state index contributed by atoms with van der Waals surface area (Å²) < 4.78 is 0. The normalized spacial score (nSPS) is 19.2. The highest BCUT2D eigenvalue weighted by molar-refractivity contribution is 5.70. The van der Waals surface area contributed by atoms with Gasteiger partial charge in [0.05, 0.1) is 0 Å². The first-order valence-electron chi connectivity index (χ1n) is 4.88. The van der Waals surface area contributed by atoms with E-state index in [9.17, 15) is 0 Å². The Morgan fingerprint density at radius 1 is 1.15 bits per heavy atom. The predicted octanol–water partition coefficient (Wildman–Crippen LogP) is 3.77. The molecule has 0 heteroatoms. The first kappa shape index (κ1) is 8.55. The van der Waals surface area contributed by atoms with Crippen molar-refractivity contribution >= 4 is 5.57 Å². The molecule has 0 radical (unpaired) electrons. The zero-order valence-electron chi connectivity index (χ0n) is 8.59. The van der Waals surface area contributed by atoms with Crippen molar-refractivity contribution in [3.05, 3.63) is 41.5 Å². The molecule has 0 unspecified atom stereocenters. The number of rotatable bonds is 0. The van der Waals surface area contributed by atoms with Crippen molar-refractivity contribution in [2.75, 3.05) is 0 Å². The maximum absolute atomic E-state index is 2.35. The molecule has 0 amide bonds. The van der Waals surface area contributed by atoms with Crippen LogP contribution in [0, 0.1) is 0 Å². The molecule has 1 aliphatic rings. The lowest BCUT2D eigenvalue weighted by atomic mass is 9.74. The molecule has 68 valence electrons. The summed E-state index contributed by atoms with van der Waals surface area (Å²) in [5.74, 6) is 0. The van der Waals surface area contributed by atoms with Crippen molar-refractivity contribution in [3.63, 3.8) is 0 Å². The third-order valence-corrected chi connectivity index (χ3v) is 3.00. The quantitative estimate of drug-likeness (QED) is 0.558. The number of fused-ring (bicyclic) bond motifs is 1. The summed E-state index contributed by atoms with van der Waals surface area (Å²) in [5, 5.41) is 0. The summed E-state index contributed by atoms with van der Waals surface area (Å²) in [6.07, 6.45) is 3.51. The van der Waals surface area contributed by atoms with Crippen molar-refractivity contribution < 1.29 is 0 Å². The number of hydrogen-bond donors (Lipinski definition) is 0. The van der Waals surface area contributed by atoms with Gasteiger partial charge in [0.15, 0.2) is 0 Å². The Morgan fingerprint density at radius 3 is 2.54 bits per heavy atom. The molecule has 0 saturated carbocycles. The van der Waals surface area contributed by atoms with Crippen LogP contribution in [-0.2, 0) is 5.41 Å². The fourth-order valence-electron chi connectivity index (χ4n) is 2.05. The Labute approximate surface area is 80.3 Å². The van der Waals surface area contributed by atoms with Crippen LogP contribution >= 0.6 is 0 Å². The molecule has 2 rings (SSSR count). The summed E-state index contributed by atoms with van der Waals surface area (Å²) in [6, 6.07) is 8.74. The molecule has 0 aliphatic heterocycles. The molecule has 0 bridgehead atoms. The third kappa shape index (κ3) is 1.31. The second kappa shape index (κ2) is 2.73. The lowest BCUT2D eigenvalue weighted by Crippen LogP contribution is -2.20. The van der Waals surface area contributed by atoms with Crippen molar-refractivity contribution in [2.45, 2.75) is 32.6 Å². The molecule has 0 atom stereocenters. The van der Waals surface area contributed by atoms with Gasteiger partial charge in [-0.3, -0.25) is 0 Å². The van der Waals surface area contributed by atoms with Gasteiger partial charge in [-0.15, -0.1) is 0 Å². The van der Waals surface area contributed by atoms with Crippen LogP contribution in [0.4, 0.5) is 0 Å². The zero-order chi connectivity index (χ0) is 9.47. The maximum Gasteiger partial charge on any atom is -0.00629 e. The largest absolute Gasteiger partial charge is 0.0801 e. The van der Waals surface area contributed by atoms with Crippen molar-refractivity contribution in [2.24, 2.45) is 0 Å². The molecule has 1 aliphatic carbocycles. The highest BCUT2D eigenvalue weighted by Gasteiger charge is 2.25. The van der Waals surface area contributed by atoms with E-state index in [-0.39, 0.29) is 0 Å². The fraction of sp³-hybridized carbons (Fsp3) is 0.385. The SMILES string of the molecule is CC1=CCC(C)(C)c2ccccc21. The van der Waals surface area contributed by atoms with Gasteiger partial charge in [-0.1, -0.05) is 44.2 Å². The lowest BCUT2D eigenvalue weighted by Gasteiger charge is -2.31. The van der Waals surface area contributed by atoms with Crippen LogP contribution in [0.5, 0.6) is 0 Å². The van der Waals surface area contributed by atoms with Crippen LogP contribution in [0.15, 0.2) is 30.3 Å². The van der Waals surface area contributed by atoms with Gasteiger partial charge in [-0.2, -0.15) is 0 Å². The second-order valence-electron chi connectivity index (χ2n) is 4.52. The van der Waals surface area contributed by atoms with Crippen LogP contribution < -0.4 is 0 Å². The summed E-state index contributed by atoms with van der Waals surface area (Å²) in [5.41, 5.74) is 4.67. The first-order valence-corrected chi connectivity index (χ1v) is 4.88. The predicted molar refractivity (Wildman–Crippen MR) is 57.7 cm³/mol. The lowest BCUT2D eigenvalue weighted by molar-refractivity contribution is 0.527. The highest BCUT2D eigenvalue weighted by Crippen LogP contribution is 2.38. The number of hydrogen-bond acceptors (Lipinski definition) is 0. The van der Waals surface area contributed by atoms with Gasteiger partial charge in [0.1, 0.15) is 0 Å². The van der Waals surface area contributed by atoms with Gasteiger partial charge in [0, 0.05) is 0 Å². The molecular weight excluding hydrogens is 156 g/mol. The van der Waals surface area contributed by atoms with Gasteiger partial charge < -0.3 is 0 Å². The molecule has 0 nitrogen and oxygen atoms in total. The summed E-state index contributed by atoms with van der Waals surface area (Å²) >= 11 is 0. The molecule has 0 aromatic heterocycles. The minimum atomic E-state index is 0.316. The summed E-state index contributed by atoms with van der Waals surface area (Å²) in [4.78, 5) is 0. The minimum absolute atomic E-state index is 0.316. The fourth-order valence-corrected chi connectivity index (χ4v) is 2.05. The van der Waals surface area contributed by atoms with E-state index in [2.05, 4.69) is 51.1 Å². The van der Waals surface area contributed by atoms with Gasteiger partial charge in [0.25, 0.3) is 0 Å². The van der Waals surface area contributed by atoms with Gasteiger partial charge >= 0.3 is 0 Å². The average Bonchev–Trinajstić information content (AvgIpc) is 2.13. The van der Waals surface area contributed by atoms with Crippen LogP contribution in [0.1, 0.15) is 38.3 Å². The topological polar surface area (TPSA) is 0 Å². The van der Waals surface area contributed by atoms with E-state index in [1.807, 2.05) is 0 Å². The van der Waals surface area contributed by atoms with E-state index in [1.165, 1.54) is 16.7 Å². The Kier molecular flexibility index (Phi) is 1.80. The van der Waals surface area contributed by atoms with Crippen LogP contribution in [0.3, 0.4) is 0 Å². The maximum atomic E-state index is 2.35. The molecule has 0 fully saturated rings. The van der Waals surface area contributed by atoms with E-state index in [0.717, 1.165) is 6.42 Å². The highest BCUT2D eigenvalue weighted by atomic mass is 14.3. The molecule has 0 heterocycles. The third-order valence-electron chi connectivity index (χ3n) is 3.00. The summed E-state index contributed by atoms with van der Waals surface area (Å²) in [6.45, 7) is 6.83. The van der Waals surface area contributed by atoms with E-state index in [1.54, 1.807) is 0 Å². The summed E-state index contributed by atoms with van der Waals surface area (Å²) in [7, 11) is 0. The van der Waals surface area contributed by atoms with Crippen LogP contribution in [-0.4, -0.2) is 0 Å². The van der Waals surface area contributed by atoms with Gasteiger partial charge in [-0.05, 0) is 35.5 Å². The van der Waals surface area contributed by atoms with Crippen LogP contribution in [0.25, 0.3) is 5.57 Å². The average molecular weight is 172 g/mol. The Hall–Kier alpha value is -1.04.